The summed E-state index contributed by atoms with van der Waals surface area (Å²) >= 11 is 5.87. The number of nitrogens with one attached hydrogen (secondary N) is 1. The van der Waals surface area contributed by atoms with Crippen molar-refractivity contribution in [1.29, 1.82) is 0 Å². The molecule has 1 aliphatic rings. The van der Waals surface area contributed by atoms with E-state index in [1.165, 1.54) is 6.20 Å². The Bertz CT molecular complexity index is 407. The molecule has 0 aromatic carbocycles. The molecule has 2 N–H and O–H groups in total. The highest BCUT2D eigenvalue weighted by Gasteiger charge is 2.20. The maximum absolute atomic E-state index is 11.2. The minimum Gasteiger partial charge on any atom is -0.391 e. The number of β-amino-alcohol motifs (C(OH)–C–C–N with tert-alkyl or cyclic N) is 1. The molecule has 1 aromatic heterocycles. The van der Waals surface area contributed by atoms with Gasteiger partial charge in [-0.3, -0.25) is 4.79 Å². The molecule has 0 aliphatic carbocycles. The number of hydrogen-bond donors (Lipinski definition) is 2. The van der Waals surface area contributed by atoms with Gasteiger partial charge in [0, 0.05) is 13.1 Å². The third-order valence-corrected chi connectivity index (χ3v) is 2.88. The van der Waals surface area contributed by atoms with Gasteiger partial charge in [-0.25, -0.2) is 5.10 Å². The number of anilines is 1. The van der Waals surface area contributed by atoms with Crippen LogP contribution in [0.4, 0.5) is 5.69 Å². The average Bonchev–Trinajstić information content (AvgIpc) is 2.22. The molecule has 0 saturated carbocycles. The van der Waals surface area contributed by atoms with E-state index in [0.717, 1.165) is 19.4 Å². The summed E-state index contributed by atoms with van der Waals surface area (Å²) in [6.45, 7) is 1.30. The van der Waals surface area contributed by atoms with Crippen molar-refractivity contribution in [2.75, 3.05) is 18.0 Å². The minimum absolute atomic E-state index is 0.138. The summed E-state index contributed by atoms with van der Waals surface area (Å²) in [6, 6.07) is 0. The zero-order valence-electron chi connectivity index (χ0n) is 8.11. The topological polar surface area (TPSA) is 69.2 Å². The van der Waals surface area contributed by atoms with E-state index in [2.05, 4.69) is 10.2 Å². The molecule has 0 bridgehead atoms. The number of halogens is 1. The van der Waals surface area contributed by atoms with Gasteiger partial charge in [0.1, 0.15) is 5.02 Å². The quantitative estimate of drug-likeness (QED) is 0.731. The fraction of sp³-hybridized carbons (Fsp3) is 0.556. The van der Waals surface area contributed by atoms with Crippen LogP contribution in [0.5, 0.6) is 0 Å². The summed E-state index contributed by atoms with van der Waals surface area (Å²) in [6.07, 6.45) is 2.85. The van der Waals surface area contributed by atoms with E-state index in [4.69, 9.17) is 11.6 Å². The molecular formula is C9H12ClN3O2. The molecule has 2 rings (SSSR count). The number of aromatic amines is 1. The van der Waals surface area contributed by atoms with E-state index in [-0.39, 0.29) is 11.1 Å². The first kappa shape index (κ1) is 10.4. The number of aliphatic hydroxyl groups is 1. The van der Waals surface area contributed by atoms with Crippen LogP contribution < -0.4 is 10.5 Å². The van der Waals surface area contributed by atoms with Gasteiger partial charge in [0.25, 0.3) is 5.56 Å². The Labute approximate surface area is 91.7 Å². The van der Waals surface area contributed by atoms with Crippen LogP contribution >= 0.6 is 11.6 Å². The third-order valence-electron chi connectivity index (χ3n) is 2.51. The molecule has 15 heavy (non-hydrogen) atoms. The first-order valence-electron chi connectivity index (χ1n) is 4.84. The van der Waals surface area contributed by atoms with Crippen LogP contribution in [0, 0.1) is 0 Å². The molecule has 1 fully saturated rings. The number of hydrogen-bond acceptors (Lipinski definition) is 4. The third kappa shape index (κ3) is 2.13. The lowest BCUT2D eigenvalue weighted by Gasteiger charge is -2.31. The maximum atomic E-state index is 11.2. The van der Waals surface area contributed by atoms with Crippen molar-refractivity contribution in [2.24, 2.45) is 0 Å². The number of aromatic nitrogens is 2. The highest BCUT2D eigenvalue weighted by atomic mass is 35.5. The Morgan fingerprint density at radius 3 is 3.20 bits per heavy atom. The summed E-state index contributed by atoms with van der Waals surface area (Å²) in [5.41, 5.74) is 0.202. The van der Waals surface area contributed by atoms with Gasteiger partial charge in [-0.05, 0) is 12.8 Å². The molecule has 0 amide bonds. The number of piperidine rings is 1. The lowest BCUT2D eigenvalue weighted by Crippen LogP contribution is -2.39. The first-order chi connectivity index (χ1) is 7.18. The summed E-state index contributed by atoms with van der Waals surface area (Å²) in [5.74, 6) is 0. The molecule has 1 atom stereocenters. The number of nitrogens with zero attached hydrogens (tertiary/aromatic N) is 2. The highest BCUT2D eigenvalue weighted by molar-refractivity contribution is 6.32. The van der Waals surface area contributed by atoms with Gasteiger partial charge in [-0.1, -0.05) is 11.6 Å². The van der Waals surface area contributed by atoms with Crippen LogP contribution in [-0.2, 0) is 0 Å². The van der Waals surface area contributed by atoms with E-state index < -0.39 is 5.56 Å². The van der Waals surface area contributed by atoms with Crippen LogP contribution in [-0.4, -0.2) is 34.5 Å². The predicted molar refractivity (Wildman–Crippen MR) is 57.3 cm³/mol. The zero-order valence-corrected chi connectivity index (χ0v) is 8.87. The van der Waals surface area contributed by atoms with Gasteiger partial charge < -0.3 is 10.0 Å². The fourth-order valence-electron chi connectivity index (χ4n) is 1.77. The van der Waals surface area contributed by atoms with Crippen LogP contribution in [0.3, 0.4) is 0 Å². The molecule has 0 unspecified atom stereocenters. The highest BCUT2D eigenvalue weighted by Crippen LogP contribution is 2.23. The molecule has 82 valence electrons. The van der Waals surface area contributed by atoms with Crippen molar-refractivity contribution in [3.8, 4) is 0 Å². The zero-order chi connectivity index (χ0) is 10.8. The molecule has 1 aromatic rings. The standard InChI is InChI=1S/C9H12ClN3O2/c10-8-7(4-11-12-9(8)15)13-3-1-2-6(14)5-13/h4,6,14H,1-3,5H2,(H,12,15)/t6-/m0/s1. The van der Waals surface area contributed by atoms with Crippen molar-refractivity contribution in [3.63, 3.8) is 0 Å². The van der Waals surface area contributed by atoms with Crippen LogP contribution in [0.1, 0.15) is 12.8 Å². The first-order valence-corrected chi connectivity index (χ1v) is 5.22. The lowest BCUT2D eigenvalue weighted by atomic mass is 10.1. The van der Waals surface area contributed by atoms with Gasteiger partial charge in [0.2, 0.25) is 0 Å². The summed E-state index contributed by atoms with van der Waals surface area (Å²) in [4.78, 5) is 13.1. The monoisotopic (exact) mass is 229 g/mol. The van der Waals surface area contributed by atoms with Gasteiger partial charge in [0.05, 0.1) is 18.0 Å². The molecule has 0 radical (unpaired) electrons. The van der Waals surface area contributed by atoms with Crippen molar-refractivity contribution in [2.45, 2.75) is 18.9 Å². The maximum Gasteiger partial charge on any atom is 0.285 e. The Morgan fingerprint density at radius 2 is 2.47 bits per heavy atom. The summed E-state index contributed by atoms with van der Waals surface area (Å²) in [7, 11) is 0. The van der Waals surface area contributed by atoms with Crippen LogP contribution in [0.15, 0.2) is 11.0 Å². The van der Waals surface area contributed by atoms with Crippen molar-refractivity contribution >= 4 is 17.3 Å². The van der Waals surface area contributed by atoms with Crippen LogP contribution in [0.25, 0.3) is 0 Å². The van der Waals surface area contributed by atoms with Crippen LogP contribution in [0.2, 0.25) is 5.02 Å². The van der Waals surface area contributed by atoms with E-state index in [0.29, 0.717) is 12.2 Å². The number of rotatable bonds is 1. The van der Waals surface area contributed by atoms with Gasteiger partial charge in [-0.15, -0.1) is 0 Å². The Hall–Kier alpha value is -1.07. The smallest absolute Gasteiger partial charge is 0.285 e. The number of H-pyrrole nitrogens is 1. The second-order valence-electron chi connectivity index (χ2n) is 3.64. The molecule has 1 saturated heterocycles. The SMILES string of the molecule is O=c1[nH]ncc(N2CCC[C@H](O)C2)c1Cl. The molecular weight excluding hydrogens is 218 g/mol. The average molecular weight is 230 g/mol. The van der Waals surface area contributed by atoms with Crippen molar-refractivity contribution in [1.82, 2.24) is 10.2 Å². The lowest BCUT2D eigenvalue weighted by molar-refractivity contribution is 0.154. The van der Waals surface area contributed by atoms with Gasteiger partial charge in [0.15, 0.2) is 0 Å². The van der Waals surface area contributed by atoms with E-state index in [1.807, 2.05) is 4.90 Å². The minimum atomic E-state index is -0.394. The largest absolute Gasteiger partial charge is 0.391 e. The Morgan fingerprint density at radius 1 is 1.67 bits per heavy atom. The van der Waals surface area contributed by atoms with Crippen molar-refractivity contribution in [3.05, 3.63) is 21.6 Å². The second kappa shape index (κ2) is 4.20. The van der Waals surface area contributed by atoms with Gasteiger partial charge in [-0.2, -0.15) is 5.10 Å². The summed E-state index contributed by atoms with van der Waals surface area (Å²) < 4.78 is 0. The van der Waals surface area contributed by atoms with Gasteiger partial charge >= 0.3 is 0 Å². The molecule has 5 nitrogen and oxygen atoms in total. The Kier molecular flexibility index (Phi) is 2.93. The number of aliphatic hydroxyl groups excluding tert-OH is 1. The molecule has 0 spiro atoms. The molecule has 1 aliphatic heterocycles. The summed E-state index contributed by atoms with van der Waals surface area (Å²) in [5, 5.41) is 15.6. The normalized spacial score (nSPS) is 21.7. The van der Waals surface area contributed by atoms with Crippen molar-refractivity contribution < 1.29 is 5.11 Å². The van der Waals surface area contributed by atoms with E-state index in [9.17, 15) is 9.90 Å². The fourth-order valence-corrected chi connectivity index (χ4v) is 1.98. The molecule has 2 heterocycles. The second-order valence-corrected chi connectivity index (χ2v) is 4.02. The van der Waals surface area contributed by atoms with E-state index >= 15 is 0 Å². The van der Waals surface area contributed by atoms with E-state index in [1.54, 1.807) is 0 Å². The molecule has 6 heteroatoms. The predicted octanol–water partition coefficient (Wildman–Crippen LogP) is 0.384. The Balaban J connectivity index is 2.28.